The van der Waals surface area contributed by atoms with Crippen LogP contribution in [0.15, 0.2) is 54.6 Å². The van der Waals surface area contributed by atoms with Gasteiger partial charge < -0.3 is 25.6 Å². The van der Waals surface area contributed by atoms with Crippen molar-refractivity contribution in [1.82, 2.24) is 20.5 Å². The highest BCUT2D eigenvalue weighted by molar-refractivity contribution is 5.95. The number of carbonyl (C=O) groups excluding carboxylic acids is 5. The van der Waals surface area contributed by atoms with E-state index >= 15 is 0 Å². The van der Waals surface area contributed by atoms with Gasteiger partial charge in [0.2, 0.25) is 5.91 Å². The molecule has 1 fully saturated rings. The summed E-state index contributed by atoms with van der Waals surface area (Å²) in [6.45, 7) is 6.11. The minimum absolute atomic E-state index is 0.0518. The van der Waals surface area contributed by atoms with Crippen LogP contribution in [0.2, 0.25) is 0 Å². The van der Waals surface area contributed by atoms with Crippen LogP contribution in [0.5, 0.6) is 0 Å². The first-order valence-corrected chi connectivity index (χ1v) is 33.3. The zero-order chi connectivity index (χ0) is 57.4. The Morgan fingerprint density at radius 3 is 1.31 bits per heavy atom. The van der Waals surface area contributed by atoms with E-state index in [0.717, 1.165) is 44.3 Å². The van der Waals surface area contributed by atoms with E-state index in [1.54, 1.807) is 24.3 Å². The Hall–Kier alpha value is -4.61. The van der Waals surface area contributed by atoms with E-state index in [2.05, 4.69) is 34.9 Å². The first-order chi connectivity index (χ1) is 39.2. The molecule has 0 bridgehead atoms. The van der Waals surface area contributed by atoms with Crippen molar-refractivity contribution in [2.45, 2.75) is 302 Å². The number of primary amides is 1. The number of nitrogens with one attached hydrogen (secondary N) is 3. The molecule has 12 heteroatoms. The molecule has 12 nitrogen and oxygen atoms in total. The van der Waals surface area contributed by atoms with Crippen molar-refractivity contribution in [2.75, 3.05) is 31.6 Å². The largest absolute Gasteiger partial charge is 0.436 e. The minimum Gasteiger partial charge on any atom is -0.436 e. The average Bonchev–Trinajstić information content (AvgIpc) is 3.99. The van der Waals surface area contributed by atoms with Crippen molar-refractivity contribution in [2.24, 2.45) is 5.73 Å². The molecule has 1 aliphatic rings. The van der Waals surface area contributed by atoms with Gasteiger partial charge in [-0.1, -0.05) is 288 Å². The van der Waals surface area contributed by atoms with E-state index in [1.165, 1.54) is 236 Å². The van der Waals surface area contributed by atoms with Crippen LogP contribution in [0, 0.1) is 0 Å². The third-order valence-corrected chi connectivity index (χ3v) is 16.4. The number of hydrazine groups is 1. The number of hydrogen-bond donors (Lipinski definition) is 4. The second-order valence-corrected chi connectivity index (χ2v) is 23.5. The molecule has 5 amide bonds. The maximum absolute atomic E-state index is 14.1. The Bertz CT molecular complexity index is 1820. The summed E-state index contributed by atoms with van der Waals surface area (Å²) in [6, 6.07) is 15.6. The maximum Gasteiger partial charge on any atom is 0.405 e. The van der Waals surface area contributed by atoms with Gasteiger partial charge in [0.1, 0.15) is 6.04 Å². The lowest BCUT2D eigenvalue weighted by Crippen LogP contribution is -2.51. The van der Waals surface area contributed by atoms with Crippen molar-refractivity contribution in [3.05, 3.63) is 65.7 Å². The van der Waals surface area contributed by atoms with Gasteiger partial charge in [0.05, 0.1) is 12.2 Å². The fourth-order valence-electron chi connectivity index (χ4n) is 11.4. The number of anilines is 1. The van der Waals surface area contributed by atoms with Gasteiger partial charge in [0.15, 0.2) is 6.10 Å². The van der Waals surface area contributed by atoms with Gasteiger partial charge in [-0.25, -0.2) is 4.79 Å². The summed E-state index contributed by atoms with van der Waals surface area (Å²) < 4.78 is 5.07. The number of carbonyl (C=O) groups is 5. The van der Waals surface area contributed by atoms with E-state index in [-0.39, 0.29) is 24.8 Å². The van der Waals surface area contributed by atoms with Crippen LogP contribution in [0.4, 0.5) is 10.5 Å². The Kier molecular flexibility index (Phi) is 41.8. The van der Waals surface area contributed by atoms with E-state index < -0.39 is 30.1 Å². The van der Waals surface area contributed by atoms with Crippen molar-refractivity contribution < 1.29 is 28.7 Å². The lowest BCUT2D eigenvalue weighted by molar-refractivity contribution is -0.139. The maximum atomic E-state index is 14.1. The number of nitrogens with two attached hydrogens (primary N) is 1. The van der Waals surface area contributed by atoms with Crippen LogP contribution in [0.3, 0.4) is 0 Å². The van der Waals surface area contributed by atoms with Gasteiger partial charge in [-0.05, 0) is 55.5 Å². The highest BCUT2D eigenvalue weighted by Crippen LogP contribution is 2.21. The monoisotopic (exact) mass is 1110 g/mol. The summed E-state index contributed by atoms with van der Waals surface area (Å²) in [7, 11) is 0. The predicted octanol–water partition coefficient (Wildman–Crippen LogP) is 17.0. The predicted molar refractivity (Wildman–Crippen MR) is 332 cm³/mol. The molecule has 2 atom stereocenters. The van der Waals surface area contributed by atoms with Crippen molar-refractivity contribution >= 4 is 35.4 Å². The number of likely N-dealkylation sites (tertiary alicyclic amines) is 1. The van der Waals surface area contributed by atoms with E-state index in [0.29, 0.717) is 30.6 Å². The molecule has 0 radical (unpaired) electrons. The molecule has 80 heavy (non-hydrogen) atoms. The zero-order valence-corrected chi connectivity index (χ0v) is 51.0. The summed E-state index contributed by atoms with van der Waals surface area (Å²) in [5, 5.41) is 2.56. The molecular formula is C68H116N6O6. The summed E-state index contributed by atoms with van der Waals surface area (Å²) in [4.78, 5) is 68.8. The Balaban J connectivity index is 1.37. The van der Waals surface area contributed by atoms with Crippen LogP contribution in [0.25, 0.3) is 0 Å². The van der Waals surface area contributed by atoms with E-state index in [1.807, 2.05) is 30.3 Å². The number of nitrogens with zero attached hydrogens (tertiary/aromatic N) is 2. The van der Waals surface area contributed by atoms with Crippen molar-refractivity contribution in [3.8, 4) is 0 Å². The minimum atomic E-state index is -1.21. The molecule has 0 saturated carbocycles. The van der Waals surface area contributed by atoms with Gasteiger partial charge in [-0.15, -0.1) is 0 Å². The van der Waals surface area contributed by atoms with Crippen LogP contribution in [0.1, 0.15) is 299 Å². The molecule has 1 unspecified atom stereocenters. The second-order valence-electron chi connectivity index (χ2n) is 23.5. The molecule has 2 aromatic rings. The second kappa shape index (κ2) is 48.0. The fraction of sp³-hybridized carbons (Fsp3) is 0.750. The molecule has 1 aliphatic heterocycles. The highest BCUT2D eigenvalue weighted by Gasteiger charge is 2.34. The molecule has 1 saturated heterocycles. The van der Waals surface area contributed by atoms with Gasteiger partial charge in [-0.3, -0.25) is 30.0 Å². The van der Waals surface area contributed by atoms with Gasteiger partial charge in [0.25, 0.3) is 17.7 Å². The number of unbranched alkanes of at least 4 members (excludes halogenated alkanes) is 38. The quantitative estimate of drug-likeness (QED) is 0.0378. The first kappa shape index (κ1) is 69.7. The van der Waals surface area contributed by atoms with Crippen LogP contribution < -0.4 is 21.9 Å². The number of benzene rings is 2. The van der Waals surface area contributed by atoms with E-state index in [9.17, 15) is 24.0 Å². The van der Waals surface area contributed by atoms with Crippen LogP contribution in [-0.4, -0.2) is 77.8 Å². The summed E-state index contributed by atoms with van der Waals surface area (Å²) >= 11 is 0. The lowest BCUT2D eigenvalue weighted by Gasteiger charge is -2.25. The molecule has 2 aromatic carbocycles. The molecule has 454 valence electrons. The normalized spacial score (nSPS) is 13.5. The summed E-state index contributed by atoms with van der Waals surface area (Å²) in [5.74, 6) is -1.40. The van der Waals surface area contributed by atoms with Crippen LogP contribution in [-0.2, 0) is 25.5 Å². The fourth-order valence-corrected chi connectivity index (χ4v) is 11.4. The Morgan fingerprint density at radius 2 is 0.925 bits per heavy atom. The SMILES string of the molecule is CCCCCCCCCCCCCCCCCCCCCCN(CCCCCCCCCCCCCCCCCCCCCC)C(=O)c1ccc(NNC(=O)[C@@H]2CCCN2C(=O)CNC(=O)C(Cc2ccccc2)OC(N)=O)cc1. The zero-order valence-electron chi connectivity index (χ0n) is 51.0. The number of amides is 5. The van der Waals surface area contributed by atoms with E-state index in [4.69, 9.17) is 10.5 Å². The molecular weight excluding hydrogens is 997 g/mol. The molecule has 0 aromatic heterocycles. The summed E-state index contributed by atoms with van der Waals surface area (Å²) in [6.07, 6.45) is 52.8. The molecule has 1 heterocycles. The molecule has 0 aliphatic carbocycles. The van der Waals surface area contributed by atoms with Crippen molar-refractivity contribution in [3.63, 3.8) is 0 Å². The van der Waals surface area contributed by atoms with Gasteiger partial charge in [0, 0.05) is 31.6 Å². The Labute approximate surface area is 487 Å². The number of rotatable bonds is 52. The number of ether oxygens (including phenoxy) is 1. The lowest BCUT2D eigenvalue weighted by atomic mass is 10.0. The topological polar surface area (TPSA) is 163 Å². The third kappa shape index (κ3) is 34.6. The highest BCUT2D eigenvalue weighted by atomic mass is 16.6. The summed E-state index contributed by atoms with van der Waals surface area (Å²) in [5.41, 5.74) is 13.0. The average molecular weight is 1110 g/mol. The van der Waals surface area contributed by atoms with Crippen LogP contribution >= 0.6 is 0 Å². The third-order valence-electron chi connectivity index (χ3n) is 16.4. The standard InChI is InChI=1S/C68H116N6O6/c1-3-5-7-9-11-13-15-17-19-21-23-25-27-29-31-33-35-37-39-44-54-73(55-45-40-38-36-34-32-30-28-26-24-22-20-18-16-14-12-10-8-6-4-2)67(78)60-50-52-61(53-51-60)71-72-65(76)62-49-46-56-74(62)64(75)58-70-66(77)63(80-68(69)79)57-59-47-42-41-43-48-59/h41-43,47-48,50-53,62-63,71H,3-40,44-46,49,54-58H2,1-2H3,(H2,69,79)(H,70,77)(H,72,76)/t62-,63?/m0/s1. The smallest absolute Gasteiger partial charge is 0.405 e. The molecule has 0 spiro atoms. The first-order valence-electron chi connectivity index (χ1n) is 33.3. The van der Waals surface area contributed by atoms with Gasteiger partial charge >= 0.3 is 6.09 Å². The number of hydrogen-bond acceptors (Lipinski definition) is 7. The molecule has 3 rings (SSSR count). The van der Waals surface area contributed by atoms with Gasteiger partial charge in [-0.2, -0.15) is 0 Å². The molecule has 5 N–H and O–H groups in total. The van der Waals surface area contributed by atoms with Crippen molar-refractivity contribution in [1.29, 1.82) is 0 Å². The Morgan fingerprint density at radius 1 is 0.537 bits per heavy atom.